The van der Waals surface area contributed by atoms with E-state index >= 15 is 0 Å². The molecular formula is C13H11N3O4S. The Balaban J connectivity index is 1.67. The average Bonchev–Trinajstić information content (AvgIpc) is 3.12. The van der Waals surface area contributed by atoms with Gasteiger partial charge in [0.15, 0.2) is 11.6 Å². The number of hydrogen-bond acceptors (Lipinski definition) is 7. The smallest absolute Gasteiger partial charge is 0.294 e. The number of fused-ring (bicyclic) bond motifs is 1. The molecule has 1 aromatic carbocycles. The molecule has 3 rings (SSSR count). The van der Waals surface area contributed by atoms with E-state index in [1.165, 1.54) is 11.3 Å². The molecule has 8 heteroatoms. The number of aromatic nitrogens is 1. The molecule has 0 saturated carbocycles. The van der Waals surface area contributed by atoms with Gasteiger partial charge in [0.25, 0.3) is 5.91 Å². The van der Waals surface area contributed by atoms with E-state index in [1.54, 1.807) is 23.6 Å². The van der Waals surface area contributed by atoms with Gasteiger partial charge < -0.3 is 9.47 Å². The summed E-state index contributed by atoms with van der Waals surface area (Å²) < 4.78 is 10.8. The number of thiazole rings is 1. The van der Waals surface area contributed by atoms with E-state index in [0.717, 1.165) is 0 Å². The van der Waals surface area contributed by atoms with Crippen LogP contribution in [0.25, 0.3) is 0 Å². The molecule has 0 aliphatic carbocycles. The largest absolute Gasteiger partial charge is 0.487 e. The summed E-state index contributed by atoms with van der Waals surface area (Å²) in [5.74, 6) is 5.67. The van der Waals surface area contributed by atoms with E-state index in [-0.39, 0.29) is 24.0 Å². The SMILES string of the molecule is NNC(=O)c1nc(COc2ccc3c(c2)OCC3=O)cs1. The van der Waals surface area contributed by atoms with E-state index in [2.05, 4.69) is 4.98 Å². The van der Waals surface area contributed by atoms with Gasteiger partial charge in [-0.15, -0.1) is 11.3 Å². The highest BCUT2D eigenvalue weighted by Crippen LogP contribution is 2.29. The third-order valence-corrected chi connectivity index (χ3v) is 3.77. The fourth-order valence-corrected chi connectivity index (χ4v) is 2.56. The van der Waals surface area contributed by atoms with Crippen molar-refractivity contribution in [1.29, 1.82) is 0 Å². The molecule has 108 valence electrons. The summed E-state index contributed by atoms with van der Waals surface area (Å²) in [5.41, 5.74) is 3.21. The van der Waals surface area contributed by atoms with Gasteiger partial charge in [0.1, 0.15) is 18.1 Å². The van der Waals surface area contributed by atoms with Gasteiger partial charge in [0.05, 0.1) is 11.3 Å². The molecule has 1 aromatic heterocycles. The van der Waals surface area contributed by atoms with Gasteiger partial charge in [0, 0.05) is 11.4 Å². The number of Topliss-reactive ketones (excluding diaryl/α,β-unsaturated/α-hetero) is 1. The van der Waals surface area contributed by atoms with Crippen molar-refractivity contribution < 1.29 is 19.1 Å². The number of carbonyl (C=O) groups is 2. The number of nitrogens with zero attached hydrogens (tertiary/aromatic N) is 1. The number of hydrogen-bond donors (Lipinski definition) is 2. The summed E-state index contributed by atoms with van der Waals surface area (Å²) in [6.45, 7) is 0.281. The molecule has 1 aliphatic heterocycles. The van der Waals surface area contributed by atoms with Crippen LogP contribution in [0.5, 0.6) is 11.5 Å². The second-order valence-electron chi connectivity index (χ2n) is 4.28. The van der Waals surface area contributed by atoms with Crippen molar-refractivity contribution >= 4 is 23.0 Å². The normalized spacial score (nSPS) is 12.7. The van der Waals surface area contributed by atoms with Gasteiger partial charge in [-0.3, -0.25) is 15.0 Å². The summed E-state index contributed by atoms with van der Waals surface area (Å²) in [4.78, 5) is 26.8. The van der Waals surface area contributed by atoms with Crippen LogP contribution >= 0.6 is 11.3 Å². The number of nitrogens with one attached hydrogen (secondary N) is 1. The molecule has 3 N–H and O–H groups in total. The maximum absolute atomic E-state index is 11.4. The molecule has 2 heterocycles. The van der Waals surface area contributed by atoms with Crippen LogP contribution in [0, 0.1) is 0 Å². The van der Waals surface area contributed by atoms with E-state index in [0.29, 0.717) is 22.8 Å². The molecule has 0 fully saturated rings. The van der Waals surface area contributed by atoms with Gasteiger partial charge in [0.2, 0.25) is 5.78 Å². The molecule has 0 bridgehead atoms. The number of carbonyl (C=O) groups excluding carboxylic acids is 2. The fraction of sp³-hybridized carbons (Fsp3) is 0.154. The van der Waals surface area contributed by atoms with Crippen molar-refractivity contribution in [1.82, 2.24) is 10.4 Å². The average molecular weight is 305 g/mol. The zero-order chi connectivity index (χ0) is 14.8. The lowest BCUT2D eigenvalue weighted by Crippen LogP contribution is -2.29. The number of hydrazine groups is 1. The van der Waals surface area contributed by atoms with Crippen molar-refractivity contribution in [2.75, 3.05) is 6.61 Å². The lowest BCUT2D eigenvalue weighted by molar-refractivity contribution is 0.0948. The fourth-order valence-electron chi connectivity index (χ4n) is 1.86. The number of nitrogens with two attached hydrogens (primary N) is 1. The zero-order valence-corrected chi connectivity index (χ0v) is 11.6. The molecule has 0 unspecified atom stereocenters. The van der Waals surface area contributed by atoms with Crippen LogP contribution in [-0.4, -0.2) is 23.3 Å². The molecule has 21 heavy (non-hydrogen) atoms. The molecule has 1 amide bonds. The maximum Gasteiger partial charge on any atom is 0.294 e. The van der Waals surface area contributed by atoms with Crippen molar-refractivity contribution in [2.24, 2.45) is 5.84 Å². The lowest BCUT2D eigenvalue weighted by Gasteiger charge is -2.05. The van der Waals surface area contributed by atoms with Crippen molar-refractivity contribution in [2.45, 2.75) is 6.61 Å². The Bertz CT molecular complexity index is 713. The summed E-state index contributed by atoms with van der Waals surface area (Å²) in [5, 5.41) is 2.00. The molecule has 7 nitrogen and oxygen atoms in total. The van der Waals surface area contributed by atoms with Crippen LogP contribution < -0.4 is 20.7 Å². The monoisotopic (exact) mass is 305 g/mol. The van der Waals surface area contributed by atoms with Crippen LogP contribution in [0.15, 0.2) is 23.6 Å². The number of ether oxygens (including phenoxy) is 2. The Labute approximate surface area is 123 Å². The topological polar surface area (TPSA) is 104 Å². The molecular weight excluding hydrogens is 294 g/mol. The first-order chi connectivity index (χ1) is 10.2. The first kappa shape index (κ1) is 13.5. The first-order valence-electron chi connectivity index (χ1n) is 6.05. The number of nitrogen functional groups attached to an aromatic ring is 1. The van der Waals surface area contributed by atoms with E-state index in [4.69, 9.17) is 15.3 Å². The zero-order valence-electron chi connectivity index (χ0n) is 10.8. The number of rotatable bonds is 4. The van der Waals surface area contributed by atoms with Crippen LogP contribution in [0.1, 0.15) is 25.9 Å². The quantitative estimate of drug-likeness (QED) is 0.494. The van der Waals surface area contributed by atoms with Gasteiger partial charge in [-0.25, -0.2) is 10.8 Å². The number of amides is 1. The van der Waals surface area contributed by atoms with Crippen LogP contribution in [0.4, 0.5) is 0 Å². The second-order valence-corrected chi connectivity index (χ2v) is 5.13. The van der Waals surface area contributed by atoms with Crippen LogP contribution in [-0.2, 0) is 6.61 Å². The van der Waals surface area contributed by atoms with Gasteiger partial charge >= 0.3 is 0 Å². The highest BCUT2D eigenvalue weighted by Gasteiger charge is 2.21. The number of benzene rings is 1. The van der Waals surface area contributed by atoms with Gasteiger partial charge in [-0.05, 0) is 12.1 Å². The minimum atomic E-state index is -0.435. The molecule has 0 spiro atoms. The van der Waals surface area contributed by atoms with Crippen molar-refractivity contribution in [3.05, 3.63) is 39.8 Å². The summed E-state index contributed by atoms with van der Waals surface area (Å²) >= 11 is 1.19. The second kappa shape index (κ2) is 5.51. The molecule has 0 radical (unpaired) electrons. The molecule has 1 aliphatic rings. The highest BCUT2D eigenvalue weighted by molar-refractivity contribution is 7.11. The Hall–Kier alpha value is -2.45. The standard InChI is InChI=1S/C13H11N3O4S/c14-16-12(18)13-15-7(6-21-13)4-19-8-1-2-9-10(17)5-20-11(9)3-8/h1-3,6H,4-5,14H2,(H,16,18). The predicted octanol–water partition coefficient (Wildman–Crippen LogP) is 0.901. The van der Waals surface area contributed by atoms with Crippen LogP contribution in [0.3, 0.4) is 0 Å². The Morgan fingerprint density at radius 3 is 3.19 bits per heavy atom. The third kappa shape index (κ3) is 2.71. The van der Waals surface area contributed by atoms with E-state index in [1.807, 2.05) is 5.43 Å². The summed E-state index contributed by atoms with van der Waals surface area (Å²) in [6.07, 6.45) is 0. The lowest BCUT2D eigenvalue weighted by atomic mass is 10.1. The summed E-state index contributed by atoms with van der Waals surface area (Å²) in [7, 11) is 0. The van der Waals surface area contributed by atoms with Gasteiger partial charge in [-0.2, -0.15) is 0 Å². The minimum Gasteiger partial charge on any atom is -0.487 e. The molecule has 0 atom stereocenters. The number of ketones is 1. The predicted molar refractivity (Wildman–Crippen MR) is 74.4 cm³/mol. The highest BCUT2D eigenvalue weighted by atomic mass is 32.1. The van der Waals surface area contributed by atoms with Crippen molar-refractivity contribution in [3.8, 4) is 11.5 Å². The van der Waals surface area contributed by atoms with Crippen molar-refractivity contribution in [3.63, 3.8) is 0 Å². The Morgan fingerprint density at radius 1 is 1.52 bits per heavy atom. The van der Waals surface area contributed by atoms with Crippen LogP contribution in [0.2, 0.25) is 0 Å². The maximum atomic E-state index is 11.4. The Kier molecular flexibility index (Phi) is 3.55. The third-order valence-electron chi connectivity index (χ3n) is 2.88. The summed E-state index contributed by atoms with van der Waals surface area (Å²) in [6, 6.07) is 5.04. The minimum absolute atomic E-state index is 0.0338. The first-order valence-corrected chi connectivity index (χ1v) is 6.93. The van der Waals surface area contributed by atoms with E-state index < -0.39 is 5.91 Å². The molecule has 0 saturated heterocycles. The Morgan fingerprint density at radius 2 is 2.38 bits per heavy atom. The van der Waals surface area contributed by atoms with Gasteiger partial charge in [-0.1, -0.05) is 0 Å². The molecule has 2 aromatic rings. The van der Waals surface area contributed by atoms with E-state index in [9.17, 15) is 9.59 Å².